The average Bonchev–Trinajstić information content (AvgIpc) is 3.52. The van der Waals surface area contributed by atoms with E-state index in [2.05, 4.69) is 48.9 Å². The van der Waals surface area contributed by atoms with Gasteiger partial charge < -0.3 is 9.32 Å². The van der Waals surface area contributed by atoms with Crippen LogP contribution in [0, 0.1) is 0 Å². The van der Waals surface area contributed by atoms with Crippen molar-refractivity contribution in [3.8, 4) is 22.8 Å². The van der Waals surface area contributed by atoms with E-state index in [0.29, 0.717) is 5.82 Å². The first-order chi connectivity index (χ1) is 16.1. The number of pyridine rings is 1. The summed E-state index contributed by atoms with van der Waals surface area (Å²) in [5, 5.41) is 0. The molecule has 1 aromatic carbocycles. The van der Waals surface area contributed by atoms with Gasteiger partial charge in [-0.25, -0.2) is 15.0 Å². The fraction of sp³-hybridized carbons (Fsp3) is 0.333. The molecule has 0 spiro atoms. The van der Waals surface area contributed by atoms with Gasteiger partial charge in [-0.2, -0.15) is 0 Å². The third-order valence-electron chi connectivity index (χ3n) is 6.10. The smallest absolute Gasteiger partial charge is 0.217 e. The van der Waals surface area contributed by atoms with E-state index < -0.39 is 0 Å². The zero-order chi connectivity index (χ0) is 22.8. The van der Waals surface area contributed by atoms with Gasteiger partial charge in [-0.3, -0.25) is 4.98 Å². The van der Waals surface area contributed by atoms with Crippen LogP contribution in [0.3, 0.4) is 0 Å². The molecule has 3 aromatic heterocycles. The first-order valence-electron chi connectivity index (χ1n) is 11.8. The number of hydrogen-bond donors (Lipinski definition) is 0. The van der Waals surface area contributed by atoms with Gasteiger partial charge in [-0.05, 0) is 31.4 Å². The highest BCUT2D eigenvalue weighted by molar-refractivity contribution is 5.62. The van der Waals surface area contributed by atoms with E-state index >= 15 is 0 Å². The maximum absolute atomic E-state index is 6.43. The molecule has 0 bridgehead atoms. The summed E-state index contributed by atoms with van der Waals surface area (Å²) >= 11 is 0. The van der Waals surface area contributed by atoms with Gasteiger partial charge in [0.15, 0.2) is 5.82 Å². The Bertz CT molecular complexity index is 1220. The van der Waals surface area contributed by atoms with Crippen molar-refractivity contribution in [3.05, 3.63) is 78.1 Å². The molecule has 6 nitrogen and oxygen atoms in total. The van der Waals surface area contributed by atoms with Crippen LogP contribution in [0.1, 0.15) is 62.9 Å². The third kappa shape index (κ3) is 4.25. The Hall–Kier alpha value is -3.54. The Morgan fingerprint density at radius 3 is 2.58 bits per heavy atom. The fourth-order valence-electron chi connectivity index (χ4n) is 4.40. The minimum atomic E-state index is 0.0520. The monoisotopic (exact) mass is 439 g/mol. The standard InChI is InChI=1S/C27H29N5O/c1-4-20-17-23(30-26(29-20)21-13-8-9-15-28-21)32-16-10-14-22(32)27-31-24(25(33-27)18(2)3)19-11-6-5-7-12-19/h5-9,11-13,15,17-18,22H,4,10,14,16H2,1-3H3. The lowest BCUT2D eigenvalue weighted by Crippen LogP contribution is -2.24. The second-order valence-electron chi connectivity index (χ2n) is 8.75. The van der Waals surface area contributed by atoms with Gasteiger partial charge in [0.2, 0.25) is 5.89 Å². The lowest BCUT2D eigenvalue weighted by Gasteiger charge is -2.24. The van der Waals surface area contributed by atoms with Gasteiger partial charge in [0.05, 0.1) is 0 Å². The summed E-state index contributed by atoms with van der Waals surface area (Å²) in [6.07, 6.45) is 4.66. The SMILES string of the molecule is CCc1cc(N2CCCC2c2nc(-c3ccccc3)c(C(C)C)o2)nc(-c2ccccn2)n1. The topological polar surface area (TPSA) is 67.9 Å². The number of aryl methyl sites for hydroxylation is 1. The molecule has 1 saturated heterocycles. The van der Waals surface area contributed by atoms with E-state index in [1.54, 1.807) is 6.20 Å². The largest absolute Gasteiger partial charge is 0.442 e. The Kier molecular flexibility index (Phi) is 5.90. The predicted molar refractivity (Wildman–Crippen MR) is 130 cm³/mol. The van der Waals surface area contributed by atoms with Crippen molar-refractivity contribution < 1.29 is 4.42 Å². The molecule has 0 amide bonds. The van der Waals surface area contributed by atoms with Crippen LogP contribution in [-0.4, -0.2) is 26.5 Å². The van der Waals surface area contributed by atoms with Crippen LogP contribution in [0.15, 0.2) is 65.2 Å². The number of aromatic nitrogens is 4. The molecule has 4 aromatic rings. The number of benzene rings is 1. The molecular weight excluding hydrogens is 410 g/mol. The Morgan fingerprint density at radius 1 is 1.03 bits per heavy atom. The zero-order valence-corrected chi connectivity index (χ0v) is 19.4. The number of oxazole rings is 1. The first kappa shape index (κ1) is 21.3. The molecule has 6 heteroatoms. The molecule has 1 aliphatic rings. The number of hydrogen-bond acceptors (Lipinski definition) is 6. The summed E-state index contributed by atoms with van der Waals surface area (Å²) in [6, 6.07) is 18.3. The van der Waals surface area contributed by atoms with Gasteiger partial charge in [-0.1, -0.05) is 57.2 Å². The number of rotatable bonds is 6. The summed E-state index contributed by atoms with van der Waals surface area (Å²) in [6.45, 7) is 7.33. The summed E-state index contributed by atoms with van der Waals surface area (Å²) in [5.41, 5.74) is 3.83. The molecule has 0 radical (unpaired) electrons. The lowest BCUT2D eigenvalue weighted by atomic mass is 10.0. The van der Waals surface area contributed by atoms with Crippen molar-refractivity contribution in [3.63, 3.8) is 0 Å². The number of nitrogens with zero attached hydrogens (tertiary/aromatic N) is 5. The van der Waals surface area contributed by atoms with Gasteiger partial charge in [-0.15, -0.1) is 0 Å². The highest BCUT2D eigenvalue weighted by Gasteiger charge is 2.33. The molecule has 1 unspecified atom stereocenters. The highest BCUT2D eigenvalue weighted by Crippen LogP contribution is 2.39. The normalized spacial score (nSPS) is 16.0. The summed E-state index contributed by atoms with van der Waals surface area (Å²) in [4.78, 5) is 21.4. The van der Waals surface area contributed by atoms with Crippen molar-refractivity contribution in [2.45, 2.75) is 52.0 Å². The molecule has 0 N–H and O–H groups in total. The Balaban J connectivity index is 1.54. The van der Waals surface area contributed by atoms with Crippen molar-refractivity contribution >= 4 is 5.82 Å². The summed E-state index contributed by atoms with van der Waals surface area (Å²) in [7, 11) is 0. The van der Waals surface area contributed by atoms with Gasteiger partial charge in [0.25, 0.3) is 0 Å². The van der Waals surface area contributed by atoms with E-state index in [-0.39, 0.29) is 12.0 Å². The average molecular weight is 440 g/mol. The minimum Gasteiger partial charge on any atom is -0.442 e. The van der Waals surface area contributed by atoms with Gasteiger partial charge >= 0.3 is 0 Å². The van der Waals surface area contributed by atoms with E-state index in [1.165, 1.54) is 0 Å². The van der Waals surface area contributed by atoms with Crippen molar-refractivity contribution in [2.75, 3.05) is 11.4 Å². The molecule has 33 heavy (non-hydrogen) atoms. The molecule has 4 heterocycles. The molecule has 1 fully saturated rings. The molecular formula is C27H29N5O. The maximum Gasteiger partial charge on any atom is 0.217 e. The van der Waals surface area contributed by atoms with E-state index in [4.69, 9.17) is 19.4 Å². The van der Waals surface area contributed by atoms with Crippen LogP contribution in [0.5, 0.6) is 0 Å². The predicted octanol–water partition coefficient (Wildman–Crippen LogP) is 6.22. The van der Waals surface area contributed by atoms with Crippen LogP contribution in [0.2, 0.25) is 0 Å². The van der Waals surface area contributed by atoms with E-state index in [0.717, 1.165) is 65.9 Å². The molecule has 0 saturated carbocycles. The van der Waals surface area contributed by atoms with Gasteiger partial charge in [0, 0.05) is 36.0 Å². The highest BCUT2D eigenvalue weighted by atomic mass is 16.4. The fourth-order valence-corrected chi connectivity index (χ4v) is 4.40. The molecule has 0 aliphatic carbocycles. The van der Waals surface area contributed by atoms with E-state index in [1.807, 2.05) is 36.4 Å². The van der Waals surface area contributed by atoms with E-state index in [9.17, 15) is 0 Å². The number of anilines is 1. The van der Waals surface area contributed by atoms with Crippen LogP contribution in [-0.2, 0) is 6.42 Å². The summed E-state index contributed by atoms with van der Waals surface area (Å²) in [5.74, 6) is 3.53. The quantitative estimate of drug-likeness (QED) is 0.355. The summed E-state index contributed by atoms with van der Waals surface area (Å²) < 4.78 is 6.43. The second kappa shape index (κ2) is 9.14. The third-order valence-corrected chi connectivity index (χ3v) is 6.10. The Morgan fingerprint density at radius 2 is 1.85 bits per heavy atom. The van der Waals surface area contributed by atoms with Crippen molar-refractivity contribution in [1.29, 1.82) is 0 Å². The second-order valence-corrected chi connectivity index (χ2v) is 8.75. The van der Waals surface area contributed by atoms with Crippen molar-refractivity contribution in [1.82, 2.24) is 19.9 Å². The van der Waals surface area contributed by atoms with Crippen LogP contribution in [0.25, 0.3) is 22.8 Å². The van der Waals surface area contributed by atoms with Crippen molar-refractivity contribution in [2.24, 2.45) is 0 Å². The Labute approximate surface area is 194 Å². The lowest BCUT2D eigenvalue weighted by molar-refractivity contribution is 0.408. The molecule has 1 aliphatic heterocycles. The molecule has 5 rings (SSSR count). The zero-order valence-electron chi connectivity index (χ0n) is 19.4. The molecule has 168 valence electrons. The van der Waals surface area contributed by atoms with Crippen LogP contribution in [0.4, 0.5) is 5.82 Å². The molecule has 1 atom stereocenters. The van der Waals surface area contributed by atoms with Gasteiger partial charge in [0.1, 0.15) is 29.0 Å². The minimum absolute atomic E-state index is 0.0520. The van der Waals surface area contributed by atoms with Crippen LogP contribution < -0.4 is 4.90 Å². The van der Waals surface area contributed by atoms with Crippen LogP contribution >= 0.6 is 0 Å². The maximum atomic E-state index is 6.43. The first-order valence-corrected chi connectivity index (χ1v) is 11.8.